The van der Waals surface area contributed by atoms with Crippen molar-refractivity contribution in [3.8, 4) is 5.75 Å². The van der Waals surface area contributed by atoms with Crippen LogP contribution in [0.25, 0.3) is 0 Å². The number of amides is 1. The maximum absolute atomic E-state index is 12.9. The third-order valence-electron chi connectivity index (χ3n) is 4.00. The van der Waals surface area contributed by atoms with Crippen LogP contribution in [0.4, 0.5) is 5.69 Å². The fraction of sp³-hybridized carbons (Fsp3) is 0.375. The van der Waals surface area contributed by atoms with Crippen LogP contribution >= 0.6 is 11.6 Å². The maximum atomic E-state index is 12.9. The Hall–Kier alpha value is -2.25. The molecule has 1 fully saturated rings. The van der Waals surface area contributed by atoms with Gasteiger partial charge in [-0.15, -0.1) is 0 Å². The molecule has 2 aromatic rings. The van der Waals surface area contributed by atoms with Crippen LogP contribution in [0.5, 0.6) is 5.75 Å². The van der Waals surface area contributed by atoms with Crippen molar-refractivity contribution >= 4 is 23.2 Å². The normalized spacial score (nSPS) is 17.8. The molecule has 1 saturated heterocycles. The standard InChI is InChI=1S/C16H19ClN4O3/c1-20-8-10(7-19-20)15-9-21(3-4-24-15)16(22)11-5-12(17)13(18)6-14(11)23-2/h5-8,15H,3-4,9,18H2,1-2H3. The molecule has 24 heavy (non-hydrogen) atoms. The van der Waals surface area contributed by atoms with Gasteiger partial charge in [0.1, 0.15) is 11.9 Å². The molecule has 1 amide bonds. The number of halogens is 1. The fourth-order valence-electron chi connectivity index (χ4n) is 2.72. The lowest BCUT2D eigenvalue weighted by Crippen LogP contribution is -2.42. The molecule has 0 bridgehead atoms. The number of rotatable bonds is 3. The molecule has 1 atom stereocenters. The van der Waals surface area contributed by atoms with Gasteiger partial charge in [-0.2, -0.15) is 5.10 Å². The highest BCUT2D eigenvalue weighted by Gasteiger charge is 2.28. The van der Waals surface area contributed by atoms with Crippen molar-refractivity contribution in [2.75, 3.05) is 32.5 Å². The van der Waals surface area contributed by atoms with Gasteiger partial charge in [-0.1, -0.05) is 11.6 Å². The van der Waals surface area contributed by atoms with Crippen LogP contribution in [0, 0.1) is 0 Å². The van der Waals surface area contributed by atoms with Gasteiger partial charge in [0, 0.05) is 31.4 Å². The first-order valence-corrected chi connectivity index (χ1v) is 7.90. The SMILES string of the molecule is COc1cc(N)c(Cl)cc1C(=O)N1CCOC(c2cnn(C)c2)C1. The molecule has 0 radical (unpaired) electrons. The Morgan fingerprint density at radius 3 is 2.96 bits per heavy atom. The van der Waals surface area contributed by atoms with Gasteiger partial charge in [0.2, 0.25) is 0 Å². The molecule has 0 saturated carbocycles. The molecule has 0 spiro atoms. The van der Waals surface area contributed by atoms with Crippen molar-refractivity contribution in [1.29, 1.82) is 0 Å². The second-order valence-corrected chi connectivity index (χ2v) is 6.04. The second-order valence-electron chi connectivity index (χ2n) is 5.63. The number of carbonyl (C=O) groups excluding carboxylic acids is 1. The number of methoxy groups -OCH3 is 1. The van der Waals surface area contributed by atoms with Gasteiger partial charge in [0.25, 0.3) is 5.91 Å². The zero-order chi connectivity index (χ0) is 17.3. The number of hydrogen-bond donors (Lipinski definition) is 1. The molecule has 1 aliphatic heterocycles. The molecule has 128 valence electrons. The lowest BCUT2D eigenvalue weighted by atomic mass is 10.1. The Kier molecular flexibility index (Phi) is 4.64. The van der Waals surface area contributed by atoms with Crippen molar-refractivity contribution < 1.29 is 14.3 Å². The Labute approximate surface area is 144 Å². The minimum Gasteiger partial charge on any atom is -0.496 e. The molecule has 1 aliphatic rings. The summed E-state index contributed by atoms with van der Waals surface area (Å²) < 4.78 is 12.8. The summed E-state index contributed by atoms with van der Waals surface area (Å²) in [6, 6.07) is 3.11. The largest absolute Gasteiger partial charge is 0.496 e. The van der Waals surface area contributed by atoms with Crippen LogP contribution in [-0.2, 0) is 11.8 Å². The predicted octanol–water partition coefficient (Wildman–Crippen LogP) is 1.88. The predicted molar refractivity (Wildman–Crippen MR) is 90.2 cm³/mol. The number of aryl methyl sites for hydroxylation is 1. The summed E-state index contributed by atoms with van der Waals surface area (Å²) in [6.07, 6.45) is 3.44. The minimum atomic E-state index is -0.202. The van der Waals surface area contributed by atoms with E-state index in [1.807, 2.05) is 13.2 Å². The number of morpholine rings is 1. The maximum Gasteiger partial charge on any atom is 0.257 e. The number of nitrogens with two attached hydrogens (primary N) is 1. The van der Waals surface area contributed by atoms with Crippen molar-refractivity contribution in [3.05, 3.63) is 40.7 Å². The van der Waals surface area contributed by atoms with Gasteiger partial charge >= 0.3 is 0 Å². The molecule has 7 nitrogen and oxygen atoms in total. The van der Waals surface area contributed by atoms with E-state index in [1.165, 1.54) is 7.11 Å². The van der Waals surface area contributed by atoms with E-state index >= 15 is 0 Å². The number of ether oxygens (including phenoxy) is 2. The number of nitrogen functional groups attached to an aromatic ring is 1. The third-order valence-corrected chi connectivity index (χ3v) is 4.33. The summed E-state index contributed by atoms with van der Waals surface area (Å²) in [5.41, 5.74) is 7.49. The summed E-state index contributed by atoms with van der Waals surface area (Å²) in [6.45, 7) is 1.40. The van der Waals surface area contributed by atoms with Crippen LogP contribution in [0.3, 0.4) is 0 Å². The first-order chi connectivity index (χ1) is 11.5. The Bertz CT molecular complexity index is 762. The summed E-state index contributed by atoms with van der Waals surface area (Å²) in [5.74, 6) is 0.247. The van der Waals surface area contributed by atoms with Crippen LogP contribution in [0.2, 0.25) is 5.02 Å². The van der Waals surface area contributed by atoms with Crippen LogP contribution in [0.1, 0.15) is 22.0 Å². The highest BCUT2D eigenvalue weighted by Crippen LogP contribution is 2.31. The molecule has 0 aliphatic carbocycles. The topological polar surface area (TPSA) is 82.6 Å². The average molecular weight is 351 g/mol. The van der Waals surface area contributed by atoms with Crippen molar-refractivity contribution in [3.63, 3.8) is 0 Å². The number of nitrogens with zero attached hydrogens (tertiary/aromatic N) is 3. The zero-order valence-electron chi connectivity index (χ0n) is 13.5. The molecular weight excluding hydrogens is 332 g/mol. The van der Waals surface area contributed by atoms with Crippen molar-refractivity contribution in [2.45, 2.75) is 6.10 Å². The third kappa shape index (κ3) is 3.18. The summed E-state index contributed by atoms with van der Waals surface area (Å²) in [7, 11) is 3.34. The molecule has 1 aromatic carbocycles. The van der Waals surface area contributed by atoms with E-state index in [0.29, 0.717) is 41.7 Å². The van der Waals surface area contributed by atoms with Gasteiger partial charge in [0.05, 0.1) is 42.7 Å². The van der Waals surface area contributed by atoms with Gasteiger partial charge in [-0.3, -0.25) is 9.48 Å². The monoisotopic (exact) mass is 350 g/mol. The molecule has 2 N–H and O–H groups in total. The first kappa shape index (κ1) is 16.6. The van der Waals surface area contributed by atoms with E-state index in [0.717, 1.165) is 5.56 Å². The van der Waals surface area contributed by atoms with E-state index in [-0.39, 0.29) is 12.0 Å². The van der Waals surface area contributed by atoms with Gasteiger partial charge in [0.15, 0.2) is 0 Å². The lowest BCUT2D eigenvalue weighted by molar-refractivity contribution is -0.0229. The Balaban J connectivity index is 1.83. The van der Waals surface area contributed by atoms with Gasteiger partial charge < -0.3 is 20.1 Å². The molecular formula is C16H19ClN4O3. The summed E-state index contributed by atoms with van der Waals surface area (Å²) in [4.78, 5) is 14.6. The Morgan fingerprint density at radius 1 is 1.50 bits per heavy atom. The quantitative estimate of drug-likeness (QED) is 0.854. The highest BCUT2D eigenvalue weighted by atomic mass is 35.5. The summed E-state index contributed by atoms with van der Waals surface area (Å²) in [5, 5.41) is 4.48. The van der Waals surface area contributed by atoms with E-state index in [4.69, 9.17) is 26.8 Å². The number of anilines is 1. The number of benzene rings is 1. The lowest BCUT2D eigenvalue weighted by Gasteiger charge is -2.33. The fourth-order valence-corrected chi connectivity index (χ4v) is 2.88. The van der Waals surface area contributed by atoms with Crippen LogP contribution < -0.4 is 10.5 Å². The molecule has 1 aromatic heterocycles. The van der Waals surface area contributed by atoms with Crippen LogP contribution in [0.15, 0.2) is 24.5 Å². The van der Waals surface area contributed by atoms with Gasteiger partial charge in [-0.05, 0) is 6.07 Å². The van der Waals surface area contributed by atoms with Crippen molar-refractivity contribution in [1.82, 2.24) is 14.7 Å². The molecule has 1 unspecified atom stereocenters. The second kappa shape index (κ2) is 6.70. The molecule has 2 heterocycles. The number of aromatic nitrogens is 2. The van der Waals surface area contributed by atoms with Gasteiger partial charge in [-0.25, -0.2) is 0 Å². The summed E-state index contributed by atoms with van der Waals surface area (Å²) >= 11 is 6.07. The van der Waals surface area contributed by atoms with E-state index in [9.17, 15) is 4.79 Å². The van der Waals surface area contributed by atoms with Crippen molar-refractivity contribution in [2.24, 2.45) is 7.05 Å². The average Bonchev–Trinajstić information content (AvgIpc) is 3.03. The minimum absolute atomic E-state index is 0.161. The number of hydrogen-bond acceptors (Lipinski definition) is 5. The highest BCUT2D eigenvalue weighted by molar-refractivity contribution is 6.33. The van der Waals surface area contributed by atoms with E-state index in [2.05, 4.69) is 5.10 Å². The molecule has 8 heteroatoms. The Morgan fingerprint density at radius 2 is 2.29 bits per heavy atom. The van der Waals surface area contributed by atoms with E-state index < -0.39 is 0 Å². The smallest absolute Gasteiger partial charge is 0.257 e. The number of carbonyl (C=O) groups is 1. The van der Waals surface area contributed by atoms with E-state index in [1.54, 1.807) is 27.9 Å². The zero-order valence-corrected chi connectivity index (χ0v) is 14.3. The first-order valence-electron chi connectivity index (χ1n) is 7.52. The van der Waals surface area contributed by atoms with Crippen LogP contribution in [-0.4, -0.2) is 47.4 Å². The molecule has 3 rings (SSSR count).